The maximum Gasteiger partial charge on any atom is 0.309 e. The van der Waals surface area contributed by atoms with Gasteiger partial charge in [0.05, 0.1) is 5.92 Å². The first-order valence-electron chi connectivity index (χ1n) is 7.93. The summed E-state index contributed by atoms with van der Waals surface area (Å²) in [5.41, 5.74) is 3.78. The zero-order chi connectivity index (χ0) is 15.0. The van der Waals surface area contributed by atoms with Crippen molar-refractivity contribution in [2.45, 2.75) is 66.4 Å². The topological polar surface area (TPSA) is 26.3 Å². The second-order valence-electron chi connectivity index (χ2n) is 5.33. The normalized spacial score (nSPS) is 10.8. The van der Waals surface area contributed by atoms with E-state index < -0.39 is 0 Å². The van der Waals surface area contributed by atoms with Crippen LogP contribution in [0.3, 0.4) is 0 Å². The highest BCUT2D eigenvalue weighted by Gasteiger charge is 2.16. The van der Waals surface area contributed by atoms with Gasteiger partial charge in [0.15, 0.2) is 0 Å². The summed E-state index contributed by atoms with van der Waals surface area (Å²) in [4.78, 5) is 12.0. The van der Waals surface area contributed by atoms with Crippen molar-refractivity contribution in [2.75, 3.05) is 0 Å². The molecule has 2 heteroatoms. The molecule has 0 aromatic heterocycles. The fourth-order valence-corrected chi connectivity index (χ4v) is 2.44. The number of esters is 1. The monoisotopic (exact) mass is 276 g/mol. The van der Waals surface area contributed by atoms with Crippen LogP contribution in [0.1, 0.15) is 63.6 Å². The molecule has 0 heterocycles. The summed E-state index contributed by atoms with van der Waals surface area (Å²) >= 11 is 0. The Balaban J connectivity index is 2.76. The highest BCUT2D eigenvalue weighted by molar-refractivity contribution is 5.72. The molecule has 0 bridgehead atoms. The summed E-state index contributed by atoms with van der Waals surface area (Å²) in [7, 11) is 0. The lowest BCUT2D eigenvalue weighted by molar-refractivity contribution is -0.150. The Kier molecular flexibility index (Phi) is 7.35. The van der Waals surface area contributed by atoms with Gasteiger partial charge in [0.1, 0.15) is 6.61 Å². The van der Waals surface area contributed by atoms with E-state index in [0.29, 0.717) is 6.61 Å². The predicted molar refractivity (Wildman–Crippen MR) is 83.7 cm³/mol. The molecule has 1 aromatic carbocycles. The molecule has 0 fully saturated rings. The van der Waals surface area contributed by atoms with E-state index in [9.17, 15) is 4.79 Å². The third-order valence-corrected chi connectivity index (χ3v) is 3.89. The van der Waals surface area contributed by atoms with Crippen molar-refractivity contribution in [1.82, 2.24) is 0 Å². The molecule has 0 amide bonds. The molecule has 0 atom stereocenters. The molecule has 0 aliphatic heterocycles. The Morgan fingerprint density at radius 2 is 1.80 bits per heavy atom. The second-order valence-corrected chi connectivity index (χ2v) is 5.33. The zero-order valence-corrected chi connectivity index (χ0v) is 13.4. The lowest BCUT2D eigenvalue weighted by Gasteiger charge is -2.15. The standard InChI is InChI=1S/C18H28O2/c1-5-9-16-11-10-14(6-2)12-17(16)13-20-18(19)15(7-3)8-4/h10-12,15H,5-9,13H2,1-4H3. The third-order valence-electron chi connectivity index (χ3n) is 3.89. The lowest BCUT2D eigenvalue weighted by atomic mass is 9.99. The molecule has 0 unspecified atom stereocenters. The van der Waals surface area contributed by atoms with Crippen LogP contribution in [-0.2, 0) is 29.0 Å². The van der Waals surface area contributed by atoms with E-state index >= 15 is 0 Å². The smallest absolute Gasteiger partial charge is 0.309 e. The molecule has 1 aromatic rings. The molecule has 0 spiro atoms. The largest absolute Gasteiger partial charge is 0.461 e. The highest BCUT2D eigenvalue weighted by atomic mass is 16.5. The van der Waals surface area contributed by atoms with E-state index in [2.05, 4.69) is 32.0 Å². The summed E-state index contributed by atoms with van der Waals surface area (Å²) in [5.74, 6) is -0.0154. The van der Waals surface area contributed by atoms with Gasteiger partial charge in [-0.05, 0) is 42.4 Å². The first-order chi connectivity index (χ1) is 9.65. The van der Waals surface area contributed by atoms with Crippen molar-refractivity contribution < 1.29 is 9.53 Å². The van der Waals surface area contributed by atoms with Crippen LogP contribution in [-0.4, -0.2) is 5.97 Å². The molecule has 112 valence electrons. The summed E-state index contributed by atoms with van der Waals surface area (Å²) in [6.45, 7) is 8.81. The van der Waals surface area contributed by atoms with Crippen molar-refractivity contribution in [1.29, 1.82) is 0 Å². The van der Waals surface area contributed by atoms with Crippen LogP contribution < -0.4 is 0 Å². The van der Waals surface area contributed by atoms with Gasteiger partial charge in [-0.2, -0.15) is 0 Å². The van der Waals surface area contributed by atoms with Crippen molar-refractivity contribution >= 4 is 5.97 Å². The van der Waals surface area contributed by atoms with E-state index in [1.807, 2.05) is 13.8 Å². The predicted octanol–water partition coefficient (Wildman–Crippen LogP) is 4.68. The van der Waals surface area contributed by atoms with Gasteiger partial charge >= 0.3 is 5.97 Å². The maximum atomic E-state index is 12.0. The van der Waals surface area contributed by atoms with E-state index in [4.69, 9.17) is 4.74 Å². The number of benzene rings is 1. The molecule has 0 radical (unpaired) electrons. The second kappa shape index (κ2) is 8.78. The number of rotatable bonds is 8. The van der Waals surface area contributed by atoms with Crippen LogP contribution in [0.2, 0.25) is 0 Å². The van der Waals surface area contributed by atoms with E-state index in [1.54, 1.807) is 0 Å². The quantitative estimate of drug-likeness (QED) is 0.644. The molecule has 20 heavy (non-hydrogen) atoms. The molecule has 0 N–H and O–H groups in total. The number of aryl methyl sites for hydroxylation is 2. The minimum Gasteiger partial charge on any atom is -0.461 e. The van der Waals surface area contributed by atoms with E-state index in [1.165, 1.54) is 16.7 Å². The minimum absolute atomic E-state index is 0.0407. The van der Waals surface area contributed by atoms with Crippen LogP contribution in [0.5, 0.6) is 0 Å². The van der Waals surface area contributed by atoms with Gasteiger partial charge in [0.25, 0.3) is 0 Å². The summed E-state index contributed by atoms with van der Waals surface area (Å²) in [5, 5.41) is 0. The maximum absolute atomic E-state index is 12.0. The number of hydrogen-bond acceptors (Lipinski definition) is 2. The van der Waals surface area contributed by atoms with Crippen LogP contribution in [0, 0.1) is 5.92 Å². The molecule has 2 nitrogen and oxygen atoms in total. The summed E-state index contributed by atoms with van der Waals surface area (Å²) in [6, 6.07) is 6.55. The SMILES string of the molecule is CCCc1ccc(CC)cc1COC(=O)C(CC)CC. The number of carbonyl (C=O) groups excluding carboxylic acids is 1. The molecule has 0 saturated carbocycles. The Hall–Kier alpha value is -1.31. The number of ether oxygens (including phenoxy) is 1. The van der Waals surface area contributed by atoms with Crippen LogP contribution in [0.15, 0.2) is 18.2 Å². The highest BCUT2D eigenvalue weighted by Crippen LogP contribution is 2.18. The first kappa shape index (κ1) is 16.7. The Morgan fingerprint density at radius 1 is 1.10 bits per heavy atom. The van der Waals surface area contributed by atoms with Crippen molar-refractivity contribution in [2.24, 2.45) is 5.92 Å². The molecular weight excluding hydrogens is 248 g/mol. The lowest BCUT2D eigenvalue weighted by Crippen LogP contribution is -2.16. The van der Waals surface area contributed by atoms with Crippen molar-refractivity contribution in [3.05, 3.63) is 34.9 Å². The minimum atomic E-state index is -0.0562. The average Bonchev–Trinajstić information content (AvgIpc) is 2.47. The van der Waals surface area contributed by atoms with Crippen molar-refractivity contribution in [3.8, 4) is 0 Å². The molecule has 0 saturated heterocycles. The first-order valence-corrected chi connectivity index (χ1v) is 7.93. The van der Waals surface area contributed by atoms with Crippen LogP contribution in [0.25, 0.3) is 0 Å². The van der Waals surface area contributed by atoms with Crippen LogP contribution >= 0.6 is 0 Å². The van der Waals surface area contributed by atoms with E-state index in [0.717, 1.165) is 32.1 Å². The number of hydrogen-bond donors (Lipinski definition) is 0. The molecule has 0 aliphatic carbocycles. The summed E-state index contributed by atoms with van der Waals surface area (Å²) in [6.07, 6.45) is 4.87. The number of carbonyl (C=O) groups is 1. The van der Waals surface area contributed by atoms with Gasteiger partial charge in [-0.3, -0.25) is 4.79 Å². The Labute approximate surface area is 123 Å². The van der Waals surface area contributed by atoms with Gasteiger partial charge in [-0.15, -0.1) is 0 Å². The van der Waals surface area contributed by atoms with Gasteiger partial charge in [0.2, 0.25) is 0 Å². The van der Waals surface area contributed by atoms with E-state index in [-0.39, 0.29) is 11.9 Å². The van der Waals surface area contributed by atoms with Gasteiger partial charge < -0.3 is 4.74 Å². The Bertz CT molecular complexity index is 419. The molecule has 1 rings (SSSR count). The fraction of sp³-hybridized carbons (Fsp3) is 0.611. The molecule has 0 aliphatic rings. The van der Waals surface area contributed by atoms with Crippen molar-refractivity contribution in [3.63, 3.8) is 0 Å². The van der Waals surface area contributed by atoms with Gasteiger partial charge in [-0.25, -0.2) is 0 Å². The van der Waals surface area contributed by atoms with Gasteiger partial charge in [-0.1, -0.05) is 52.3 Å². The third kappa shape index (κ3) is 4.66. The Morgan fingerprint density at radius 3 is 2.35 bits per heavy atom. The van der Waals surface area contributed by atoms with Crippen LogP contribution in [0.4, 0.5) is 0 Å². The summed E-state index contributed by atoms with van der Waals surface area (Å²) < 4.78 is 5.52. The van der Waals surface area contributed by atoms with Gasteiger partial charge in [0, 0.05) is 0 Å². The fourth-order valence-electron chi connectivity index (χ4n) is 2.44. The average molecular weight is 276 g/mol. The zero-order valence-electron chi connectivity index (χ0n) is 13.4. The molecular formula is C18H28O2.